The Bertz CT molecular complexity index is 933. The fourth-order valence-corrected chi connectivity index (χ4v) is 3.56. The van der Waals surface area contributed by atoms with E-state index in [0.717, 1.165) is 12.1 Å². The quantitative estimate of drug-likeness (QED) is 0.683. The predicted molar refractivity (Wildman–Crippen MR) is 105 cm³/mol. The summed E-state index contributed by atoms with van der Waals surface area (Å²) in [7, 11) is -2.26. The molecular weight excluding hydrogens is 364 g/mol. The third kappa shape index (κ3) is 5.34. The van der Waals surface area contributed by atoms with Crippen molar-refractivity contribution in [3.63, 3.8) is 0 Å². The van der Waals surface area contributed by atoms with Gasteiger partial charge in [0.15, 0.2) is 0 Å². The molecule has 1 amide bonds. The van der Waals surface area contributed by atoms with Crippen molar-refractivity contribution in [2.24, 2.45) is 5.92 Å². The van der Waals surface area contributed by atoms with Gasteiger partial charge in [-0.15, -0.1) is 0 Å². The molecule has 2 aromatic rings. The molecule has 0 unspecified atom stereocenters. The van der Waals surface area contributed by atoms with Crippen LogP contribution in [0.1, 0.15) is 18.4 Å². The summed E-state index contributed by atoms with van der Waals surface area (Å²) in [5.41, 5.74) is 1.11. The van der Waals surface area contributed by atoms with Crippen LogP contribution >= 0.6 is 0 Å². The van der Waals surface area contributed by atoms with Crippen molar-refractivity contribution in [3.05, 3.63) is 60.2 Å². The number of hydrogen-bond donors (Lipinski definition) is 2. The number of hydrogen-bond acceptors (Lipinski definition) is 4. The average Bonchev–Trinajstić information content (AvgIpc) is 3.50. The van der Waals surface area contributed by atoms with E-state index in [0.29, 0.717) is 17.4 Å². The minimum Gasteiger partial charge on any atom is -0.495 e. The molecule has 0 bridgehead atoms. The summed E-state index contributed by atoms with van der Waals surface area (Å²) in [4.78, 5) is 11.9. The highest BCUT2D eigenvalue weighted by molar-refractivity contribution is 7.92. The smallest absolute Gasteiger partial charge is 0.262 e. The van der Waals surface area contributed by atoms with Gasteiger partial charge in [0.05, 0.1) is 17.7 Å². The molecule has 0 aliphatic heterocycles. The van der Waals surface area contributed by atoms with Crippen molar-refractivity contribution in [3.8, 4) is 5.75 Å². The number of sulfonamides is 1. The first-order chi connectivity index (χ1) is 13.0. The fourth-order valence-electron chi connectivity index (χ4n) is 2.49. The van der Waals surface area contributed by atoms with E-state index >= 15 is 0 Å². The molecule has 1 aliphatic rings. The second-order valence-corrected chi connectivity index (χ2v) is 8.08. The lowest BCUT2D eigenvalue weighted by Crippen LogP contribution is -2.23. The fraction of sp³-hybridized carbons (Fsp3) is 0.250. The Morgan fingerprint density at radius 1 is 1.15 bits per heavy atom. The summed E-state index contributed by atoms with van der Waals surface area (Å²) >= 11 is 0. The topological polar surface area (TPSA) is 84.5 Å². The minimum absolute atomic E-state index is 0.128. The molecule has 1 saturated carbocycles. The number of nitrogens with one attached hydrogen (secondary N) is 2. The van der Waals surface area contributed by atoms with Crippen LogP contribution in [0.4, 0.5) is 5.69 Å². The number of benzene rings is 2. The molecule has 1 aliphatic carbocycles. The first-order valence-corrected chi connectivity index (χ1v) is 10.2. The molecule has 0 aromatic heterocycles. The summed E-state index contributed by atoms with van der Waals surface area (Å²) in [5.74, 6) is 0.928. The SMILES string of the molecule is COc1ccccc1NS(=O)(=O)c1ccc(/C=C/C(=O)NCC2CC2)cc1. The zero-order chi connectivity index (χ0) is 19.3. The van der Waals surface area contributed by atoms with Crippen LogP contribution in [0.2, 0.25) is 0 Å². The summed E-state index contributed by atoms with van der Waals surface area (Å²) < 4.78 is 32.8. The average molecular weight is 386 g/mol. The van der Waals surface area contributed by atoms with Gasteiger partial charge < -0.3 is 10.1 Å². The third-order valence-electron chi connectivity index (χ3n) is 4.23. The van der Waals surface area contributed by atoms with Crippen molar-refractivity contribution in [1.29, 1.82) is 0 Å². The van der Waals surface area contributed by atoms with Gasteiger partial charge in [0.2, 0.25) is 5.91 Å². The molecule has 3 rings (SSSR count). The van der Waals surface area contributed by atoms with Gasteiger partial charge in [0.1, 0.15) is 5.75 Å². The summed E-state index contributed by atoms with van der Waals surface area (Å²) in [6, 6.07) is 13.1. The maximum absolute atomic E-state index is 12.6. The highest BCUT2D eigenvalue weighted by Crippen LogP contribution is 2.27. The van der Waals surface area contributed by atoms with E-state index in [2.05, 4.69) is 10.0 Å². The van der Waals surface area contributed by atoms with Gasteiger partial charge in [0.25, 0.3) is 10.0 Å². The van der Waals surface area contributed by atoms with Crippen LogP contribution in [0.25, 0.3) is 6.08 Å². The van der Waals surface area contributed by atoms with Crippen molar-refractivity contribution >= 4 is 27.7 Å². The van der Waals surface area contributed by atoms with Crippen LogP contribution in [0.15, 0.2) is 59.5 Å². The molecular formula is C20H22N2O4S. The lowest BCUT2D eigenvalue weighted by Gasteiger charge is -2.11. The molecule has 142 valence electrons. The maximum atomic E-state index is 12.6. The Morgan fingerprint density at radius 2 is 1.85 bits per heavy atom. The van der Waals surface area contributed by atoms with E-state index in [-0.39, 0.29) is 10.8 Å². The van der Waals surface area contributed by atoms with Crippen LogP contribution in [-0.2, 0) is 14.8 Å². The molecule has 27 heavy (non-hydrogen) atoms. The summed E-state index contributed by atoms with van der Waals surface area (Å²) in [5, 5.41) is 2.85. The standard InChI is InChI=1S/C20H22N2O4S/c1-26-19-5-3-2-4-18(19)22-27(24,25)17-11-8-15(9-12-17)10-13-20(23)21-14-16-6-7-16/h2-5,8-13,16,22H,6-7,14H2,1H3,(H,21,23)/b13-10+. The molecule has 2 aromatic carbocycles. The van der Waals surface area contributed by atoms with Crippen LogP contribution in [0.3, 0.4) is 0 Å². The zero-order valence-electron chi connectivity index (χ0n) is 15.0. The van der Waals surface area contributed by atoms with Crippen LogP contribution in [0.5, 0.6) is 5.75 Å². The van der Waals surface area contributed by atoms with Crippen molar-refractivity contribution in [2.75, 3.05) is 18.4 Å². The number of amides is 1. The van der Waals surface area contributed by atoms with Gasteiger partial charge in [-0.3, -0.25) is 9.52 Å². The molecule has 2 N–H and O–H groups in total. The number of ether oxygens (including phenoxy) is 1. The van der Waals surface area contributed by atoms with E-state index < -0.39 is 10.0 Å². The van der Waals surface area contributed by atoms with E-state index in [1.165, 1.54) is 38.2 Å². The van der Waals surface area contributed by atoms with Crippen LogP contribution < -0.4 is 14.8 Å². The molecule has 0 spiro atoms. The van der Waals surface area contributed by atoms with E-state index in [1.807, 2.05) is 0 Å². The van der Waals surface area contributed by atoms with E-state index in [9.17, 15) is 13.2 Å². The summed E-state index contributed by atoms with van der Waals surface area (Å²) in [6.07, 6.45) is 5.48. The number of carbonyl (C=O) groups is 1. The van der Waals surface area contributed by atoms with Crippen molar-refractivity contribution in [2.45, 2.75) is 17.7 Å². The van der Waals surface area contributed by atoms with Gasteiger partial charge in [-0.05, 0) is 54.7 Å². The van der Waals surface area contributed by atoms with Crippen LogP contribution in [-0.4, -0.2) is 28.0 Å². The largest absolute Gasteiger partial charge is 0.495 e. The van der Waals surface area contributed by atoms with Gasteiger partial charge in [-0.25, -0.2) is 8.42 Å². The van der Waals surface area contributed by atoms with Crippen molar-refractivity contribution in [1.82, 2.24) is 5.32 Å². The molecule has 0 saturated heterocycles. The normalized spacial score (nSPS) is 14.1. The van der Waals surface area contributed by atoms with Gasteiger partial charge in [0, 0.05) is 12.6 Å². The van der Waals surface area contributed by atoms with Gasteiger partial charge >= 0.3 is 0 Å². The molecule has 0 heterocycles. The molecule has 0 atom stereocenters. The van der Waals surface area contributed by atoms with E-state index in [1.54, 1.807) is 42.5 Å². The predicted octanol–water partition coefficient (Wildman–Crippen LogP) is 3.04. The Labute approximate surface area is 159 Å². The molecule has 7 heteroatoms. The van der Waals surface area contributed by atoms with Gasteiger partial charge in [-0.2, -0.15) is 0 Å². The Morgan fingerprint density at radius 3 is 2.52 bits per heavy atom. The number of anilines is 1. The minimum atomic E-state index is -3.74. The number of methoxy groups -OCH3 is 1. The second-order valence-electron chi connectivity index (χ2n) is 6.40. The number of carbonyl (C=O) groups excluding carboxylic acids is 1. The Hall–Kier alpha value is -2.80. The van der Waals surface area contributed by atoms with Gasteiger partial charge in [-0.1, -0.05) is 24.3 Å². The Kier molecular flexibility index (Phi) is 5.81. The first-order valence-electron chi connectivity index (χ1n) is 8.70. The first kappa shape index (κ1) is 19.0. The maximum Gasteiger partial charge on any atom is 0.262 e. The lowest BCUT2D eigenvalue weighted by atomic mass is 10.2. The Balaban J connectivity index is 1.65. The monoisotopic (exact) mass is 386 g/mol. The zero-order valence-corrected chi connectivity index (χ0v) is 15.8. The molecule has 0 radical (unpaired) electrons. The second kappa shape index (κ2) is 8.26. The molecule has 1 fully saturated rings. The lowest BCUT2D eigenvalue weighted by molar-refractivity contribution is -0.116. The van der Waals surface area contributed by atoms with E-state index in [4.69, 9.17) is 4.74 Å². The summed E-state index contributed by atoms with van der Waals surface area (Å²) in [6.45, 7) is 0.717. The highest BCUT2D eigenvalue weighted by atomic mass is 32.2. The number of rotatable bonds is 8. The highest BCUT2D eigenvalue weighted by Gasteiger charge is 2.21. The molecule has 6 nitrogen and oxygen atoms in total. The van der Waals surface area contributed by atoms with Crippen molar-refractivity contribution < 1.29 is 17.9 Å². The van der Waals surface area contributed by atoms with Crippen LogP contribution in [0, 0.1) is 5.92 Å². The third-order valence-corrected chi connectivity index (χ3v) is 5.61. The number of para-hydroxylation sites is 2.